The molecule has 0 aliphatic carbocycles. The molecule has 3 N–H and O–H groups in total. The number of carbonyl (C=O) groups is 1. The number of nitrogens with one attached hydrogen (secondary N) is 1. The van der Waals surface area contributed by atoms with Gasteiger partial charge in [-0.1, -0.05) is 19.8 Å². The van der Waals surface area contributed by atoms with Crippen molar-refractivity contribution in [2.45, 2.75) is 45.4 Å². The van der Waals surface area contributed by atoms with Gasteiger partial charge in [0.05, 0.1) is 0 Å². The van der Waals surface area contributed by atoms with Crippen LogP contribution in [0.2, 0.25) is 0 Å². The van der Waals surface area contributed by atoms with E-state index in [9.17, 15) is 4.79 Å². The van der Waals surface area contributed by atoms with Crippen LogP contribution in [0.1, 0.15) is 45.4 Å². The highest BCUT2D eigenvalue weighted by Gasteiger charge is 2.00. The summed E-state index contributed by atoms with van der Waals surface area (Å²) in [5, 5.41) is 0. The van der Waals surface area contributed by atoms with E-state index in [1.54, 1.807) is 0 Å². The van der Waals surface area contributed by atoms with E-state index >= 15 is 0 Å². The molecule has 0 aliphatic rings. The second-order valence-electron chi connectivity index (χ2n) is 4.04. The molecule has 0 radical (unpaired) electrons. The molecule has 4 heteroatoms. The van der Waals surface area contributed by atoms with Crippen molar-refractivity contribution in [1.29, 1.82) is 0 Å². The number of hydrazine groups is 1. The summed E-state index contributed by atoms with van der Waals surface area (Å²) in [4.78, 5) is 13.1. The predicted molar refractivity (Wildman–Crippen MR) is 63.2 cm³/mol. The molecule has 0 aliphatic heterocycles. The zero-order valence-corrected chi connectivity index (χ0v) is 10.1. The summed E-state index contributed by atoms with van der Waals surface area (Å²) in [5.41, 5.74) is 2.14. The number of hydrogen-bond acceptors (Lipinski definition) is 3. The molecule has 0 bridgehead atoms. The summed E-state index contributed by atoms with van der Waals surface area (Å²) in [6.45, 7) is 4.45. The minimum Gasteiger partial charge on any atom is -0.306 e. The van der Waals surface area contributed by atoms with Crippen LogP contribution in [0.25, 0.3) is 0 Å². The van der Waals surface area contributed by atoms with Gasteiger partial charge in [0, 0.05) is 6.42 Å². The predicted octanol–water partition coefficient (Wildman–Crippen LogP) is 1.27. The van der Waals surface area contributed by atoms with Crippen LogP contribution in [-0.2, 0) is 4.79 Å². The van der Waals surface area contributed by atoms with Crippen LogP contribution >= 0.6 is 0 Å². The monoisotopic (exact) mass is 215 g/mol. The Balaban J connectivity index is 3.23. The zero-order valence-electron chi connectivity index (χ0n) is 10.1. The molecule has 0 spiro atoms. The number of unbranched alkanes of at least 4 members (excludes halogenated alkanes) is 3. The highest BCUT2D eigenvalue weighted by atomic mass is 16.2. The number of carbonyl (C=O) groups excluding carboxylic acids is 1. The van der Waals surface area contributed by atoms with E-state index in [-0.39, 0.29) is 5.91 Å². The van der Waals surface area contributed by atoms with Crippen molar-refractivity contribution in [3.63, 3.8) is 0 Å². The number of hydrogen-bond donors (Lipinski definition) is 2. The SMILES string of the molecule is CCCCCN(C)CCCCC(=O)NN. The lowest BCUT2D eigenvalue weighted by atomic mass is 10.2. The maximum absolute atomic E-state index is 10.8. The topological polar surface area (TPSA) is 58.4 Å². The van der Waals surface area contributed by atoms with Crippen LogP contribution in [0, 0.1) is 0 Å². The fourth-order valence-electron chi connectivity index (χ4n) is 1.48. The fourth-order valence-corrected chi connectivity index (χ4v) is 1.48. The normalized spacial score (nSPS) is 10.7. The summed E-state index contributed by atoms with van der Waals surface area (Å²) in [5.74, 6) is 4.92. The maximum Gasteiger partial charge on any atom is 0.233 e. The van der Waals surface area contributed by atoms with E-state index in [4.69, 9.17) is 5.84 Å². The van der Waals surface area contributed by atoms with E-state index in [0.29, 0.717) is 6.42 Å². The van der Waals surface area contributed by atoms with Gasteiger partial charge in [-0.2, -0.15) is 0 Å². The molecule has 0 aromatic carbocycles. The van der Waals surface area contributed by atoms with Gasteiger partial charge in [0.25, 0.3) is 0 Å². The third-order valence-electron chi connectivity index (χ3n) is 2.50. The Morgan fingerprint density at radius 3 is 2.33 bits per heavy atom. The van der Waals surface area contributed by atoms with Gasteiger partial charge in [0.1, 0.15) is 0 Å². The van der Waals surface area contributed by atoms with E-state index in [1.165, 1.54) is 19.3 Å². The van der Waals surface area contributed by atoms with Crippen molar-refractivity contribution < 1.29 is 4.79 Å². The lowest BCUT2D eigenvalue weighted by Gasteiger charge is -2.15. The van der Waals surface area contributed by atoms with Gasteiger partial charge in [-0.25, -0.2) is 5.84 Å². The Hall–Kier alpha value is -0.610. The summed E-state index contributed by atoms with van der Waals surface area (Å²) >= 11 is 0. The molecule has 90 valence electrons. The second-order valence-corrected chi connectivity index (χ2v) is 4.04. The minimum absolute atomic E-state index is 0.0661. The van der Waals surface area contributed by atoms with Gasteiger partial charge < -0.3 is 4.90 Å². The van der Waals surface area contributed by atoms with Crippen LogP contribution in [0.3, 0.4) is 0 Å². The molecule has 0 heterocycles. The largest absolute Gasteiger partial charge is 0.306 e. The summed E-state index contributed by atoms with van der Waals surface area (Å²) in [6, 6.07) is 0. The molecule has 0 atom stereocenters. The summed E-state index contributed by atoms with van der Waals surface area (Å²) in [6.07, 6.45) is 6.37. The smallest absolute Gasteiger partial charge is 0.233 e. The van der Waals surface area contributed by atoms with Crippen molar-refractivity contribution >= 4 is 5.91 Å². The average molecular weight is 215 g/mol. The van der Waals surface area contributed by atoms with Crippen molar-refractivity contribution in [3.8, 4) is 0 Å². The molecular formula is C11H25N3O. The second kappa shape index (κ2) is 9.93. The molecule has 0 aromatic rings. The highest BCUT2D eigenvalue weighted by Crippen LogP contribution is 2.00. The van der Waals surface area contributed by atoms with E-state index in [1.807, 2.05) is 0 Å². The third-order valence-corrected chi connectivity index (χ3v) is 2.50. The first-order chi connectivity index (χ1) is 7.20. The standard InChI is InChI=1S/C11H25N3O/c1-3-4-6-9-14(2)10-7-5-8-11(15)13-12/h3-10,12H2,1-2H3,(H,13,15). The van der Waals surface area contributed by atoms with Crippen molar-refractivity contribution in [3.05, 3.63) is 0 Å². The average Bonchev–Trinajstić information content (AvgIpc) is 2.24. The molecule has 4 nitrogen and oxygen atoms in total. The number of rotatable bonds is 9. The van der Waals surface area contributed by atoms with Crippen LogP contribution in [0.5, 0.6) is 0 Å². The van der Waals surface area contributed by atoms with Gasteiger partial charge in [-0.05, 0) is 39.4 Å². The fraction of sp³-hybridized carbons (Fsp3) is 0.909. The Bertz CT molecular complexity index is 162. The van der Waals surface area contributed by atoms with E-state index in [2.05, 4.69) is 24.3 Å². The number of nitrogens with two attached hydrogens (primary N) is 1. The van der Waals surface area contributed by atoms with Gasteiger partial charge in [0.2, 0.25) is 5.91 Å². The van der Waals surface area contributed by atoms with Crippen LogP contribution in [0.15, 0.2) is 0 Å². The van der Waals surface area contributed by atoms with Crippen molar-refractivity contribution in [2.24, 2.45) is 5.84 Å². The van der Waals surface area contributed by atoms with Crippen LogP contribution in [-0.4, -0.2) is 30.9 Å². The number of amides is 1. The van der Waals surface area contributed by atoms with Gasteiger partial charge in [-0.3, -0.25) is 10.2 Å². The highest BCUT2D eigenvalue weighted by molar-refractivity contribution is 5.74. The molecule has 0 unspecified atom stereocenters. The molecular weight excluding hydrogens is 190 g/mol. The first kappa shape index (κ1) is 14.4. The lowest BCUT2D eigenvalue weighted by molar-refractivity contribution is -0.121. The molecule has 0 fully saturated rings. The first-order valence-electron chi connectivity index (χ1n) is 5.88. The van der Waals surface area contributed by atoms with Gasteiger partial charge in [0.15, 0.2) is 0 Å². The quantitative estimate of drug-likeness (QED) is 0.263. The molecule has 0 aromatic heterocycles. The lowest BCUT2D eigenvalue weighted by Crippen LogP contribution is -2.30. The molecule has 0 rings (SSSR count). The van der Waals surface area contributed by atoms with Gasteiger partial charge >= 0.3 is 0 Å². The molecule has 15 heavy (non-hydrogen) atoms. The number of nitrogens with zero attached hydrogens (tertiary/aromatic N) is 1. The Labute approximate surface area is 93.2 Å². The molecule has 1 amide bonds. The van der Waals surface area contributed by atoms with Crippen LogP contribution < -0.4 is 11.3 Å². The first-order valence-corrected chi connectivity index (χ1v) is 5.88. The van der Waals surface area contributed by atoms with Crippen molar-refractivity contribution in [1.82, 2.24) is 10.3 Å². The minimum atomic E-state index is -0.0661. The van der Waals surface area contributed by atoms with Gasteiger partial charge in [-0.15, -0.1) is 0 Å². The third kappa shape index (κ3) is 9.69. The van der Waals surface area contributed by atoms with Crippen LogP contribution in [0.4, 0.5) is 0 Å². The van der Waals surface area contributed by atoms with Crippen molar-refractivity contribution in [2.75, 3.05) is 20.1 Å². The zero-order chi connectivity index (χ0) is 11.5. The van der Waals surface area contributed by atoms with E-state index < -0.39 is 0 Å². The summed E-state index contributed by atoms with van der Waals surface area (Å²) < 4.78 is 0. The molecule has 0 saturated carbocycles. The Kier molecular flexibility index (Phi) is 9.52. The molecule has 0 saturated heterocycles. The maximum atomic E-state index is 10.8. The Morgan fingerprint density at radius 2 is 1.80 bits per heavy atom. The summed E-state index contributed by atoms with van der Waals surface area (Å²) in [7, 11) is 2.14. The Morgan fingerprint density at radius 1 is 1.20 bits per heavy atom. The van der Waals surface area contributed by atoms with E-state index in [0.717, 1.165) is 25.9 Å².